The van der Waals surface area contributed by atoms with E-state index in [-0.39, 0.29) is 29.8 Å². The smallest absolute Gasteiger partial charge is 0.289 e. The first kappa shape index (κ1) is 16.9. The third-order valence-electron chi connectivity index (χ3n) is 4.80. The Labute approximate surface area is 157 Å². The van der Waals surface area contributed by atoms with E-state index in [1.807, 2.05) is 6.92 Å². The molecule has 4 N–H and O–H groups in total. The van der Waals surface area contributed by atoms with Gasteiger partial charge in [-0.3, -0.25) is 20.6 Å². The van der Waals surface area contributed by atoms with Crippen LogP contribution >= 0.6 is 11.3 Å². The normalized spacial score (nSPS) is 15.9. The van der Waals surface area contributed by atoms with Gasteiger partial charge in [0.05, 0.1) is 9.62 Å². The number of nitro groups is 1. The number of aromatic amines is 1. The average molecular weight is 380 g/mol. The predicted molar refractivity (Wildman–Crippen MR) is 100 cm³/mol. The molecule has 8 nitrogen and oxygen atoms in total. The fraction of sp³-hybridized carbons (Fsp3) is 0.167. The highest BCUT2D eigenvalue weighted by Crippen LogP contribution is 2.46. The molecule has 0 unspecified atom stereocenters. The zero-order chi connectivity index (χ0) is 19.3. The molecule has 1 atom stereocenters. The van der Waals surface area contributed by atoms with E-state index in [1.54, 1.807) is 12.1 Å². The SMILES string of the molecule is Cc1c(C#N)c(N)[nH+]c2c3c(sc12)NC(=O)C[C@@H]3c1ccc([N+](=O)[O-])cc1. The molecule has 2 aromatic heterocycles. The molecule has 4 rings (SSSR count). The maximum absolute atomic E-state index is 12.2. The highest BCUT2D eigenvalue weighted by Gasteiger charge is 2.33. The Morgan fingerprint density at radius 2 is 2.11 bits per heavy atom. The largest absolute Gasteiger partial charge is 0.317 e. The maximum Gasteiger partial charge on any atom is 0.289 e. The molecule has 0 aliphatic carbocycles. The molecule has 9 heteroatoms. The van der Waals surface area contributed by atoms with Crippen molar-refractivity contribution in [3.8, 4) is 6.07 Å². The van der Waals surface area contributed by atoms with Crippen molar-refractivity contribution in [3.05, 3.63) is 56.6 Å². The van der Waals surface area contributed by atoms with E-state index >= 15 is 0 Å². The van der Waals surface area contributed by atoms with Gasteiger partial charge >= 0.3 is 0 Å². The number of nitrogens with one attached hydrogen (secondary N) is 2. The van der Waals surface area contributed by atoms with Crippen LogP contribution in [-0.4, -0.2) is 10.8 Å². The number of carbonyl (C=O) groups excluding carboxylic acids is 1. The van der Waals surface area contributed by atoms with Crippen LogP contribution in [0.1, 0.15) is 34.6 Å². The molecule has 0 fully saturated rings. The summed E-state index contributed by atoms with van der Waals surface area (Å²) < 4.78 is 0.861. The Morgan fingerprint density at radius 3 is 2.74 bits per heavy atom. The molecule has 134 valence electrons. The number of aromatic nitrogens is 1. The number of hydrogen-bond donors (Lipinski definition) is 2. The van der Waals surface area contributed by atoms with Crippen LogP contribution < -0.4 is 16.0 Å². The fourth-order valence-electron chi connectivity index (χ4n) is 3.49. The number of nitrogens with zero attached hydrogens (tertiary/aromatic N) is 2. The summed E-state index contributed by atoms with van der Waals surface area (Å²) in [6.07, 6.45) is 0.226. The third kappa shape index (κ3) is 2.58. The van der Waals surface area contributed by atoms with Gasteiger partial charge in [0, 0.05) is 30.0 Å². The number of nitro benzene ring substituents is 1. The minimum absolute atomic E-state index is 0.000255. The predicted octanol–water partition coefficient (Wildman–Crippen LogP) is 2.86. The number of fused-ring (bicyclic) bond motifs is 3. The van der Waals surface area contributed by atoms with Gasteiger partial charge in [-0.05, 0) is 18.1 Å². The minimum atomic E-state index is -0.454. The number of pyridine rings is 1. The summed E-state index contributed by atoms with van der Waals surface area (Å²) in [7, 11) is 0. The number of aryl methyl sites for hydroxylation is 1. The molecule has 1 aromatic carbocycles. The summed E-state index contributed by atoms with van der Waals surface area (Å²) >= 11 is 1.40. The maximum atomic E-state index is 12.2. The Hall–Kier alpha value is -3.51. The Morgan fingerprint density at radius 1 is 1.41 bits per heavy atom. The molecule has 3 heterocycles. The van der Waals surface area contributed by atoms with Gasteiger partial charge in [-0.15, -0.1) is 11.3 Å². The quantitative estimate of drug-likeness (QED) is 0.520. The van der Waals surface area contributed by atoms with Crippen LogP contribution in [0.5, 0.6) is 0 Å². The lowest BCUT2D eigenvalue weighted by Gasteiger charge is -2.22. The lowest BCUT2D eigenvalue weighted by atomic mass is 9.86. The van der Waals surface area contributed by atoms with E-state index in [2.05, 4.69) is 16.4 Å². The van der Waals surface area contributed by atoms with Crippen molar-refractivity contribution < 1.29 is 14.7 Å². The number of carbonyl (C=O) groups is 1. The number of non-ortho nitro benzene ring substituents is 1. The third-order valence-corrected chi connectivity index (χ3v) is 6.04. The molecule has 0 saturated carbocycles. The molecule has 0 spiro atoms. The van der Waals surface area contributed by atoms with E-state index in [0.717, 1.165) is 26.9 Å². The zero-order valence-electron chi connectivity index (χ0n) is 14.2. The van der Waals surface area contributed by atoms with Crippen molar-refractivity contribution in [2.75, 3.05) is 11.1 Å². The van der Waals surface area contributed by atoms with Crippen LogP contribution in [-0.2, 0) is 4.79 Å². The van der Waals surface area contributed by atoms with Crippen LogP contribution in [0.25, 0.3) is 10.2 Å². The Balaban J connectivity index is 1.94. The summed E-state index contributed by atoms with van der Waals surface area (Å²) in [4.78, 5) is 25.8. The second kappa shape index (κ2) is 6.03. The highest BCUT2D eigenvalue weighted by molar-refractivity contribution is 7.23. The van der Waals surface area contributed by atoms with E-state index in [0.29, 0.717) is 10.6 Å². The highest BCUT2D eigenvalue weighted by atomic mass is 32.1. The standard InChI is InChI=1S/C18H13N5O3S/c1-8-12(7-19)17(20)22-15-14-11(6-13(24)21-18(14)27-16(8)15)9-2-4-10(5-3-9)23(25)26/h2-5,11H,6H2,1H3,(H2,20,22)(H,21,24)/p+1/t11-/m1/s1. The first-order valence-corrected chi connectivity index (χ1v) is 8.94. The number of nitrogens with two attached hydrogens (primary N) is 1. The van der Waals surface area contributed by atoms with E-state index in [4.69, 9.17) is 5.73 Å². The number of thiophene rings is 1. The first-order chi connectivity index (χ1) is 12.9. The van der Waals surface area contributed by atoms with E-state index in [9.17, 15) is 20.2 Å². The summed E-state index contributed by atoms with van der Waals surface area (Å²) in [5.74, 6) is -0.0997. The molecule has 1 aliphatic rings. The molecular formula is C18H14N5O3S+. The minimum Gasteiger partial charge on any atom is -0.317 e. The van der Waals surface area contributed by atoms with Crippen molar-refractivity contribution in [2.45, 2.75) is 19.3 Å². The zero-order valence-corrected chi connectivity index (χ0v) is 15.0. The summed E-state index contributed by atoms with van der Waals surface area (Å²) in [5, 5.41) is 23.8. The molecule has 27 heavy (non-hydrogen) atoms. The van der Waals surface area contributed by atoms with Crippen LogP contribution in [0.4, 0.5) is 16.5 Å². The fourth-order valence-corrected chi connectivity index (χ4v) is 4.73. The Bertz CT molecular complexity index is 1160. The lowest BCUT2D eigenvalue weighted by Crippen LogP contribution is -2.24. The van der Waals surface area contributed by atoms with Crippen molar-refractivity contribution >= 4 is 44.0 Å². The average Bonchev–Trinajstić information content (AvgIpc) is 3.00. The van der Waals surface area contributed by atoms with Crippen LogP contribution in [0.2, 0.25) is 0 Å². The van der Waals surface area contributed by atoms with E-state index in [1.165, 1.54) is 23.5 Å². The van der Waals surface area contributed by atoms with Gasteiger partial charge < -0.3 is 5.32 Å². The second-order valence-corrected chi connectivity index (χ2v) is 7.37. The molecule has 0 bridgehead atoms. The van der Waals surface area contributed by atoms with Gasteiger partial charge in [0.15, 0.2) is 0 Å². The molecule has 0 radical (unpaired) electrons. The number of hydrogen-bond acceptors (Lipinski definition) is 6. The van der Waals surface area contributed by atoms with E-state index < -0.39 is 4.92 Å². The topological polar surface area (TPSA) is 136 Å². The number of rotatable bonds is 2. The van der Waals surface area contributed by atoms with Crippen LogP contribution in [0.3, 0.4) is 0 Å². The Kier molecular flexibility index (Phi) is 3.78. The molecule has 0 saturated heterocycles. The summed E-state index contributed by atoms with van der Waals surface area (Å²) in [6.45, 7) is 1.83. The first-order valence-electron chi connectivity index (χ1n) is 8.12. The number of amides is 1. The monoisotopic (exact) mass is 380 g/mol. The van der Waals surface area contributed by atoms with Crippen LogP contribution in [0, 0.1) is 28.4 Å². The van der Waals surface area contributed by atoms with Gasteiger partial charge in [-0.1, -0.05) is 12.1 Å². The van der Waals surface area contributed by atoms with Crippen molar-refractivity contribution in [1.82, 2.24) is 0 Å². The van der Waals surface area contributed by atoms with Gasteiger partial charge in [0.2, 0.25) is 5.91 Å². The number of anilines is 2. The summed E-state index contributed by atoms with van der Waals surface area (Å²) in [6, 6.07) is 8.33. The molecular weight excluding hydrogens is 366 g/mol. The number of nitrogen functional groups attached to an aromatic ring is 1. The molecule has 3 aromatic rings. The van der Waals surface area contributed by atoms with Crippen LogP contribution in [0.15, 0.2) is 24.3 Å². The van der Waals surface area contributed by atoms with Crippen molar-refractivity contribution in [2.24, 2.45) is 0 Å². The van der Waals surface area contributed by atoms with Gasteiger partial charge in [-0.2, -0.15) is 5.26 Å². The van der Waals surface area contributed by atoms with Crippen molar-refractivity contribution in [1.29, 1.82) is 5.26 Å². The number of H-pyrrole nitrogens is 1. The van der Waals surface area contributed by atoms with Gasteiger partial charge in [-0.25, -0.2) is 4.98 Å². The molecule has 1 amide bonds. The van der Waals surface area contributed by atoms with Gasteiger partial charge in [0.1, 0.15) is 22.2 Å². The van der Waals surface area contributed by atoms with Gasteiger partial charge in [0.25, 0.3) is 11.5 Å². The lowest BCUT2D eigenvalue weighted by molar-refractivity contribution is -0.384. The molecule has 1 aliphatic heterocycles. The number of nitriles is 1. The second-order valence-electron chi connectivity index (χ2n) is 6.35. The van der Waals surface area contributed by atoms with Crippen molar-refractivity contribution in [3.63, 3.8) is 0 Å². The summed E-state index contributed by atoms with van der Waals surface area (Å²) in [5.41, 5.74) is 9.66. The number of benzene rings is 1.